The first-order valence-corrected chi connectivity index (χ1v) is 6.89. The third-order valence-electron chi connectivity index (χ3n) is 2.66. The van der Waals surface area contributed by atoms with Crippen molar-refractivity contribution in [2.45, 2.75) is 52.7 Å². The van der Waals surface area contributed by atoms with E-state index in [9.17, 15) is 0 Å². The smallest absolute Gasteiger partial charge is 0.120 e. The number of hydrogen-bond donors (Lipinski definition) is 1. The zero-order valence-electron chi connectivity index (χ0n) is 12.0. The Kier molecular flexibility index (Phi) is 5.48. The molecule has 0 saturated heterocycles. The zero-order valence-corrected chi connectivity index (χ0v) is 12.8. The Morgan fingerprint density at radius 2 is 2.00 bits per heavy atom. The van der Waals surface area contributed by atoms with E-state index in [0.29, 0.717) is 0 Å². The van der Waals surface area contributed by atoms with E-state index in [1.807, 2.05) is 18.2 Å². The third-order valence-corrected chi connectivity index (χ3v) is 3.02. The van der Waals surface area contributed by atoms with Crippen LogP contribution >= 0.6 is 11.6 Å². The molecule has 0 aliphatic carbocycles. The largest absolute Gasteiger partial charge is 0.489 e. The van der Waals surface area contributed by atoms with Gasteiger partial charge in [-0.3, -0.25) is 0 Å². The number of benzene rings is 1. The molecular formula is C15H24ClNO. The first-order chi connectivity index (χ1) is 8.31. The van der Waals surface area contributed by atoms with E-state index < -0.39 is 0 Å². The van der Waals surface area contributed by atoms with Gasteiger partial charge in [0.15, 0.2) is 0 Å². The van der Waals surface area contributed by atoms with Crippen molar-refractivity contribution >= 4 is 11.6 Å². The lowest BCUT2D eigenvalue weighted by Gasteiger charge is -2.24. The fourth-order valence-corrected chi connectivity index (χ4v) is 1.87. The molecule has 3 heteroatoms. The minimum atomic E-state index is 0.117. The van der Waals surface area contributed by atoms with Crippen molar-refractivity contribution in [3.8, 4) is 5.75 Å². The van der Waals surface area contributed by atoms with E-state index >= 15 is 0 Å². The molecular weight excluding hydrogens is 246 g/mol. The Morgan fingerprint density at radius 3 is 2.56 bits per heavy atom. The van der Waals surface area contributed by atoms with Crippen LogP contribution in [0.3, 0.4) is 0 Å². The van der Waals surface area contributed by atoms with Gasteiger partial charge in [-0.25, -0.2) is 0 Å². The number of ether oxygens (including phenoxy) is 1. The van der Waals surface area contributed by atoms with E-state index in [0.717, 1.165) is 29.3 Å². The van der Waals surface area contributed by atoms with Gasteiger partial charge < -0.3 is 10.1 Å². The van der Waals surface area contributed by atoms with Gasteiger partial charge in [-0.2, -0.15) is 0 Å². The molecule has 102 valence electrons. The fourth-order valence-electron chi connectivity index (χ4n) is 1.62. The van der Waals surface area contributed by atoms with Crippen LogP contribution in [0.4, 0.5) is 0 Å². The molecule has 1 atom stereocenters. The first kappa shape index (κ1) is 15.3. The summed E-state index contributed by atoms with van der Waals surface area (Å²) in [7, 11) is 0. The van der Waals surface area contributed by atoms with E-state index in [1.54, 1.807) is 0 Å². The summed E-state index contributed by atoms with van der Waals surface area (Å²) in [6.07, 6.45) is 1.06. The molecule has 0 amide bonds. The predicted molar refractivity (Wildman–Crippen MR) is 78.7 cm³/mol. The van der Waals surface area contributed by atoms with Crippen molar-refractivity contribution in [2.24, 2.45) is 0 Å². The summed E-state index contributed by atoms with van der Waals surface area (Å²) in [6.45, 7) is 11.4. The first-order valence-electron chi connectivity index (χ1n) is 6.52. The molecule has 0 aliphatic heterocycles. The van der Waals surface area contributed by atoms with Crippen molar-refractivity contribution in [1.29, 1.82) is 0 Å². The van der Waals surface area contributed by atoms with Crippen LogP contribution in [0.25, 0.3) is 0 Å². The average Bonchev–Trinajstić information content (AvgIpc) is 2.28. The minimum Gasteiger partial charge on any atom is -0.489 e. The Labute approximate surface area is 116 Å². The maximum absolute atomic E-state index is 6.09. The second kappa shape index (κ2) is 6.44. The van der Waals surface area contributed by atoms with E-state index in [1.165, 1.54) is 0 Å². The van der Waals surface area contributed by atoms with Crippen LogP contribution in [0, 0.1) is 0 Å². The van der Waals surface area contributed by atoms with Crippen molar-refractivity contribution < 1.29 is 4.74 Å². The minimum absolute atomic E-state index is 0.117. The number of halogens is 1. The van der Waals surface area contributed by atoms with Crippen LogP contribution in [0.2, 0.25) is 5.02 Å². The van der Waals surface area contributed by atoms with Crippen molar-refractivity contribution in [3.05, 3.63) is 28.8 Å². The molecule has 1 rings (SSSR count). The van der Waals surface area contributed by atoms with Gasteiger partial charge in [0.1, 0.15) is 11.9 Å². The topological polar surface area (TPSA) is 21.3 Å². The highest BCUT2D eigenvalue weighted by Crippen LogP contribution is 2.23. The highest BCUT2D eigenvalue weighted by atomic mass is 35.5. The van der Waals surface area contributed by atoms with Crippen molar-refractivity contribution in [2.75, 3.05) is 6.54 Å². The molecule has 0 heterocycles. The van der Waals surface area contributed by atoms with Crippen LogP contribution in [-0.4, -0.2) is 18.2 Å². The lowest BCUT2D eigenvalue weighted by molar-refractivity contribution is 0.203. The van der Waals surface area contributed by atoms with Crippen LogP contribution in [0.15, 0.2) is 18.2 Å². The molecule has 0 fully saturated rings. The summed E-state index contributed by atoms with van der Waals surface area (Å²) in [5.41, 5.74) is 1.25. The maximum atomic E-state index is 6.09. The normalized spacial score (nSPS) is 13.4. The summed E-state index contributed by atoms with van der Waals surface area (Å²) in [6, 6.07) is 5.85. The summed E-state index contributed by atoms with van der Waals surface area (Å²) >= 11 is 6.09. The number of nitrogens with one attached hydrogen (secondary N) is 1. The molecule has 1 aromatic rings. The lowest BCUT2D eigenvalue weighted by Crippen LogP contribution is -2.41. The summed E-state index contributed by atoms with van der Waals surface area (Å²) in [5, 5.41) is 4.24. The van der Waals surface area contributed by atoms with Gasteiger partial charge in [-0.15, -0.1) is 0 Å². The van der Waals surface area contributed by atoms with Gasteiger partial charge in [-0.1, -0.05) is 18.5 Å². The Bertz CT molecular complexity index is 385. The quantitative estimate of drug-likeness (QED) is 0.870. The standard InChI is InChI=1S/C15H24ClNO/c1-6-12-9-13(7-8-14(12)16)18-11(2)10-17-15(3,4)5/h7-9,11,17H,6,10H2,1-5H3. The Balaban J connectivity index is 2.56. The SMILES string of the molecule is CCc1cc(OC(C)CNC(C)(C)C)ccc1Cl. The average molecular weight is 270 g/mol. The van der Waals surface area contributed by atoms with Crippen LogP contribution in [-0.2, 0) is 6.42 Å². The van der Waals surface area contributed by atoms with E-state index in [2.05, 4.69) is 39.9 Å². The molecule has 0 bridgehead atoms. The van der Waals surface area contributed by atoms with Crippen LogP contribution in [0.1, 0.15) is 40.2 Å². The zero-order chi connectivity index (χ0) is 13.8. The molecule has 1 unspecified atom stereocenters. The molecule has 18 heavy (non-hydrogen) atoms. The van der Waals surface area contributed by atoms with Crippen molar-refractivity contribution in [1.82, 2.24) is 5.32 Å². The summed E-state index contributed by atoms with van der Waals surface area (Å²) < 4.78 is 5.89. The summed E-state index contributed by atoms with van der Waals surface area (Å²) in [5.74, 6) is 0.888. The fraction of sp³-hybridized carbons (Fsp3) is 0.600. The Morgan fingerprint density at radius 1 is 1.33 bits per heavy atom. The molecule has 0 aliphatic rings. The number of aryl methyl sites for hydroxylation is 1. The number of rotatable bonds is 5. The highest BCUT2D eigenvalue weighted by molar-refractivity contribution is 6.31. The lowest BCUT2D eigenvalue weighted by atomic mass is 10.1. The molecule has 0 spiro atoms. The number of hydrogen-bond acceptors (Lipinski definition) is 2. The van der Waals surface area contributed by atoms with Gasteiger partial charge in [0, 0.05) is 17.1 Å². The molecule has 0 aromatic heterocycles. The molecule has 0 radical (unpaired) electrons. The van der Waals surface area contributed by atoms with Crippen LogP contribution in [0.5, 0.6) is 5.75 Å². The Hall–Kier alpha value is -0.730. The molecule has 2 nitrogen and oxygen atoms in total. The predicted octanol–water partition coefficient (Wildman–Crippen LogP) is 4.06. The maximum Gasteiger partial charge on any atom is 0.120 e. The second-order valence-electron chi connectivity index (χ2n) is 5.67. The molecule has 1 aromatic carbocycles. The van der Waals surface area contributed by atoms with E-state index in [-0.39, 0.29) is 11.6 Å². The van der Waals surface area contributed by atoms with Gasteiger partial charge in [0.2, 0.25) is 0 Å². The molecule has 0 saturated carbocycles. The summed E-state index contributed by atoms with van der Waals surface area (Å²) in [4.78, 5) is 0. The van der Waals surface area contributed by atoms with Crippen LogP contribution < -0.4 is 10.1 Å². The third kappa shape index (κ3) is 5.28. The van der Waals surface area contributed by atoms with Gasteiger partial charge in [-0.05, 0) is 57.9 Å². The second-order valence-corrected chi connectivity index (χ2v) is 6.07. The van der Waals surface area contributed by atoms with Gasteiger partial charge in [0.25, 0.3) is 0 Å². The van der Waals surface area contributed by atoms with Gasteiger partial charge >= 0.3 is 0 Å². The highest BCUT2D eigenvalue weighted by Gasteiger charge is 2.12. The monoisotopic (exact) mass is 269 g/mol. The van der Waals surface area contributed by atoms with E-state index in [4.69, 9.17) is 16.3 Å². The van der Waals surface area contributed by atoms with Gasteiger partial charge in [0.05, 0.1) is 0 Å². The molecule has 1 N–H and O–H groups in total. The van der Waals surface area contributed by atoms with Crippen molar-refractivity contribution in [3.63, 3.8) is 0 Å².